The number of alkyl carbamates (subject to hydrolysis) is 1. The van der Waals surface area contributed by atoms with Gasteiger partial charge in [-0.05, 0) is 67.0 Å². The van der Waals surface area contributed by atoms with Crippen LogP contribution >= 0.6 is 15.9 Å². The molecule has 4 rings (SSSR count). The second kappa shape index (κ2) is 11.1. The van der Waals surface area contributed by atoms with Crippen molar-refractivity contribution >= 4 is 32.0 Å². The van der Waals surface area contributed by atoms with E-state index in [1.807, 2.05) is 43.3 Å². The first-order valence-corrected chi connectivity index (χ1v) is 14.0. The predicted octanol–water partition coefficient (Wildman–Crippen LogP) is 4.89. The van der Waals surface area contributed by atoms with Gasteiger partial charge in [-0.25, -0.2) is 17.9 Å². The van der Waals surface area contributed by atoms with Crippen LogP contribution in [-0.2, 0) is 14.8 Å². The molecule has 36 heavy (non-hydrogen) atoms. The average Bonchev–Trinajstić information content (AvgIpc) is 3.16. The number of amides is 1. The molecule has 1 aliphatic carbocycles. The maximum absolute atomic E-state index is 12.7. The lowest BCUT2D eigenvalue weighted by Gasteiger charge is -2.19. The zero-order valence-corrected chi connectivity index (χ0v) is 22.9. The second-order valence-electron chi connectivity index (χ2n) is 9.08. The molecule has 7 nitrogen and oxygen atoms in total. The molecule has 0 unspecified atom stereocenters. The molecule has 0 fully saturated rings. The van der Waals surface area contributed by atoms with Gasteiger partial charge in [-0.15, -0.1) is 0 Å². The second-order valence-corrected chi connectivity index (χ2v) is 11.7. The summed E-state index contributed by atoms with van der Waals surface area (Å²) in [7, 11) is 0.0786. The van der Waals surface area contributed by atoms with Crippen LogP contribution < -0.4 is 10.0 Å². The molecule has 1 atom stereocenters. The van der Waals surface area contributed by atoms with Gasteiger partial charge in [-0.2, -0.15) is 0 Å². The lowest BCUT2D eigenvalue weighted by atomic mass is 9.98. The Labute approximate surface area is 221 Å². The maximum atomic E-state index is 12.7. The SMILES string of the molecule is C[C@@H](NC(=O)OCC1c2ccccc2-c2ccccc21)c1cc(S(=O)(=O)NCCN(C)C)ccc1Br. The van der Waals surface area contributed by atoms with Gasteiger partial charge in [0.25, 0.3) is 0 Å². The summed E-state index contributed by atoms with van der Waals surface area (Å²) < 4.78 is 34.4. The van der Waals surface area contributed by atoms with E-state index in [4.69, 9.17) is 4.74 Å². The quantitative estimate of drug-likeness (QED) is 0.382. The van der Waals surface area contributed by atoms with Crippen LogP contribution in [0.4, 0.5) is 4.79 Å². The van der Waals surface area contributed by atoms with Crippen LogP contribution in [0.15, 0.2) is 76.1 Å². The van der Waals surface area contributed by atoms with Crippen molar-refractivity contribution in [2.24, 2.45) is 0 Å². The Morgan fingerprint density at radius 2 is 1.64 bits per heavy atom. The number of sulfonamides is 1. The smallest absolute Gasteiger partial charge is 0.407 e. The summed E-state index contributed by atoms with van der Waals surface area (Å²) in [4.78, 5) is 14.8. The fraction of sp³-hybridized carbons (Fsp3) is 0.296. The van der Waals surface area contributed by atoms with E-state index in [2.05, 4.69) is 50.2 Å². The van der Waals surface area contributed by atoms with E-state index in [1.54, 1.807) is 19.1 Å². The van der Waals surface area contributed by atoms with E-state index in [0.29, 0.717) is 23.1 Å². The van der Waals surface area contributed by atoms with E-state index in [1.165, 1.54) is 6.07 Å². The predicted molar refractivity (Wildman–Crippen MR) is 145 cm³/mol. The monoisotopic (exact) mass is 571 g/mol. The molecule has 0 saturated heterocycles. The topological polar surface area (TPSA) is 87.7 Å². The van der Waals surface area contributed by atoms with E-state index < -0.39 is 22.2 Å². The number of halogens is 1. The number of rotatable bonds is 9. The molecule has 1 amide bonds. The summed E-state index contributed by atoms with van der Waals surface area (Å²) >= 11 is 3.47. The van der Waals surface area contributed by atoms with Crippen LogP contribution in [0.3, 0.4) is 0 Å². The minimum Gasteiger partial charge on any atom is -0.449 e. The van der Waals surface area contributed by atoms with E-state index in [9.17, 15) is 13.2 Å². The first kappa shape index (κ1) is 26.3. The van der Waals surface area contributed by atoms with Gasteiger partial charge in [-0.1, -0.05) is 64.5 Å². The Balaban J connectivity index is 1.42. The highest BCUT2D eigenvalue weighted by molar-refractivity contribution is 9.10. The molecule has 3 aromatic rings. The summed E-state index contributed by atoms with van der Waals surface area (Å²) in [5, 5.41) is 2.83. The van der Waals surface area contributed by atoms with Gasteiger partial charge in [-0.3, -0.25) is 0 Å². The lowest BCUT2D eigenvalue weighted by Crippen LogP contribution is -2.32. The number of nitrogens with zero attached hydrogens (tertiary/aromatic N) is 1. The molecule has 1 aliphatic rings. The number of carbonyl (C=O) groups is 1. The Morgan fingerprint density at radius 3 is 2.25 bits per heavy atom. The highest BCUT2D eigenvalue weighted by Gasteiger charge is 2.29. The van der Waals surface area contributed by atoms with Crippen molar-refractivity contribution in [2.75, 3.05) is 33.8 Å². The van der Waals surface area contributed by atoms with Crippen LogP contribution in [-0.4, -0.2) is 53.2 Å². The lowest BCUT2D eigenvalue weighted by molar-refractivity contribution is 0.139. The van der Waals surface area contributed by atoms with Gasteiger partial charge < -0.3 is 15.0 Å². The number of likely N-dealkylation sites (N-methyl/N-ethyl adjacent to an activating group) is 1. The molecule has 0 spiro atoms. The molecule has 0 heterocycles. The van der Waals surface area contributed by atoms with Crippen molar-refractivity contribution in [1.29, 1.82) is 0 Å². The Bertz CT molecular complexity index is 1320. The summed E-state index contributed by atoms with van der Waals surface area (Å²) in [6, 6.07) is 20.6. The van der Waals surface area contributed by atoms with Crippen LogP contribution in [0.2, 0.25) is 0 Å². The Kier molecular flexibility index (Phi) is 8.14. The average molecular weight is 573 g/mol. The Hall–Kier alpha value is -2.72. The highest BCUT2D eigenvalue weighted by Crippen LogP contribution is 2.44. The molecular formula is C27H30BrN3O4S. The fourth-order valence-electron chi connectivity index (χ4n) is 4.40. The van der Waals surface area contributed by atoms with Crippen LogP contribution in [0.25, 0.3) is 11.1 Å². The molecular weight excluding hydrogens is 542 g/mol. The number of hydrogen-bond donors (Lipinski definition) is 2. The third kappa shape index (κ3) is 5.81. The third-order valence-corrected chi connectivity index (χ3v) is 8.45. The minimum atomic E-state index is -3.68. The van der Waals surface area contributed by atoms with E-state index in [0.717, 1.165) is 22.3 Å². The van der Waals surface area contributed by atoms with Gasteiger partial charge in [0.1, 0.15) is 6.61 Å². The molecule has 0 aromatic heterocycles. The molecule has 0 aliphatic heterocycles. The van der Waals surface area contributed by atoms with Crippen molar-refractivity contribution < 1.29 is 17.9 Å². The summed E-state index contributed by atoms with van der Waals surface area (Å²) in [6.45, 7) is 2.88. The fourth-order valence-corrected chi connectivity index (χ4v) is 6.05. The number of hydrogen-bond acceptors (Lipinski definition) is 5. The molecule has 3 aromatic carbocycles. The van der Waals surface area contributed by atoms with E-state index >= 15 is 0 Å². The normalized spacial score (nSPS) is 13.8. The van der Waals surface area contributed by atoms with Gasteiger partial charge in [0.05, 0.1) is 10.9 Å². The van der Waals surface area contributed by atoms with E-state index in [-0.39, 0.29) is 17.4 Å². The summed E-state index contributed by atoms with van der Waals surface area (Å²) in [6.07, 6.45) is -0.561. The zero-order valence-electron chi connectivity index (χ0n) is 20.5. The zero-order chi connectivity index (χ0) is 25.9. The molecule has 0 bridgehead atoms. The van der Waals surface area contributed by atoms with Crippen molar-refractivity contribution in [3.63, 3.8) is 0 Å². The Morgan fingerprint density at radius 1 is 1.03 bits per heavy atom. The first-order chi connectivity index (χ1) is 17.2. The molecule has 0 saturated carbocycles. The van der Waals surface area contributed by atoms with Crippen molar-refractivity contribution in [3.8, 4) is 11.1 Å². The molecule has 2 N–H and O–H groups in total. The van der Waals surface area contributed by atoms with Crippen LogP contribution in [0, 0.1) is 0 Å². The largest absolute Gasteiger partial charge is 0.449 e. The number of nitrogens with one attached hydrogen (secondary N) is 2. The first-order valence-electron chi connectivity index (χ1n) is 11.7. The van der Waals surface area contributed by atoms with Gasteiger partial charge in [0, 0.05) is 23.5 Å². The van der Waals surface area contributed by atoms with Crippen molar-refractivity contribution in [2.45, 2.75) is 23.8 Å². The number of benzene rings is 3. The standard InChI is InChI=1S/C27H30BrN3O4S/c1-18(24-16-19(12-13-26(24)28)36(33,34)29-14-15-31(2)3)30-27(32)35-17-25-22-10-6-4-8-20(22)21-9-5-7-11-23(21)25/h4-13,16,18,25,29H,14-15,17H2,1-3H3,(H,30,32)/t18-/m1/s1. The molecule has 0 radical (unpaired) electrons. The molecule has 190 valence electrons. The highest BCUT2D eigenvalue weighted by atomic mass is 79.9. The minimum absolute atomic E-state index is 0.0353. The van der Waals surface area contributed by atoms with Crippen LogP contribution in [0.1, 0.15) is 35.6 Å². The third-order valence-electron chi connectivity index (χ3n) is 6.27. The summed E-state index contributed by atoms with van der Waals surface area (Å²) in [5.74, 6) is -0.0353. The number of fused-ring (bicyclic) bond motifs is 3. The number of ether oxygens (including phenoxy) is 1. The van der Waals surface area contributed by atoms with Gasteiger partial charge in [0.2, 0.25) is 10.0 Å². The maximum Gasteiger partial charge on any atom is 0.407 e. The van der Waals surface area contributed by atoms with Gasteiger partial charge >= 0.3 is 6.09 Å². The summed E-state index contributed by atoms with van der Waals surface area (Å²) in [5.41, 5.74) is 5.25. The number of carbonyl (C=O) groups excluding carboxylic acids is 1. The van der Waals surface area contributed by atoms with Crippen molar-refractivity contribution in [1.82, 2.24) is 14.9 Å². The molecule has 9 heteroatoms. The van der Waals surface area contributed by atoms with Crippen LogP contribution in [0.5, 0.6) is 0 Å². The van der Waals surface area contributed by atoms with Gasteiger partial charge in [0.15, 0.2) is 0 Å². The van der Waals surface area contributed by atoms with Crippen molar-refractivity contribution in [3.05, 3.63) is 87.9 Å².